The Kier molecular flexibility index (Phi) is 3.94. The molecule has 0 radical (unpaired) electrons. The number of aliphatic carboxylic acids is 1. The van der Waals surface area contributed by atoms with Gasteiger partial charge in [-0.3, -0.25) is 9.59 Å². The Labute approximate surface area is 131 Å². The van der Waals surface area contributed by atoms with Gasteiger partial charge < -0.3 is 10.0 Å². The highest BCUT2D eigenvalue weighted by Gasteiger charge is 2.47. The number of likely N-dealkylation sites (tertiary alicyclic amines) is 1. The molecule has 1 N–H and O–H groups in total. The van der Waals surface area contributed by atoms with Crippen molar-refractivity contribution < 1.29 is 14.7 Å². The summed E-state index contributed by atoms with van der Waals surface area (Å²) in [7, 11) is 0. The summed E-state index contributed by atoms with van der Waals surface area (Å²) in [5.74, 6) is -0.140. The van der Waals surface area contributed by atoms with Crippen molar-refractivity contribution in [2.75, 3.05) is 13.1 Å². The maximum atomic E-state index is 12.5. The van der Waals surface area contributed by atoms with E-state index in [-0.39, 0.29) is 17.7 Å². The quantitative estimate of drug-likeness (QED) is 0.930. The van der Waals surface area contributed by atoms with E-state index in [0.29, 0.717) is 31.3 Å². The Morgan fingerprint density at radius 2 is 1.91 bits per heavy atom. The maximum absolute atomic E-state index is 12.5. The lowest BCUT2D eigenvalue weighted by Crippen LogP contribution is -2.31. The minimum atomic E-state index is -0.785. The summed E-state index contributed by atoms with van der Waals surface area (Å²) in [6.45, 7) is 5.31. The highest BCUT2D eigenvalue weighted by atomic mass is 16.4. The molecule has 118 valence electrons. The van der Waals surface area contributed by atoms with Gasteiger partial charge in [-0.1, -0.05) is 38.1 Å². The van der Waals surface area contributed by atoms with Crippen LogP contribution >= 0.6 is 0 Å². The number of hydrogen-bond donors (Lipinski definition) is 1. The fourth-order valence-electron chi connectivity index (χ4n) is 3.36. The molecule has 2 aliphatic rings. The third kappa shape index (κ3) is 2.87. The Bertz CT molecular complexity index is 578. The predicted molar refractivity (Wildman–Crippen MR) is 83.7 cm³/mol. The molecule has 3 atom stereocenters. The number of carbonyl (C=O) groups is 2. The Balaban J connectivity index is 1.60. The maximum Gasteiger partial charge on any atom is 0.308 e. The molecule has 1 amide bonds. The molecule has 0 bridgehead atoms. The minimum absolute atomic E-state index is 0.0532. The van der Waals surface area contributed by atoms with Crippen LogP contribution in [0, 0.1) is 11.8 Å². The zero-order valence-corrected chi connectivity index (χ0v) is 13.2. The second-order valence-electron chi connectivity index (χ2n) is 6.88. The van der Waals surface area contributed by atoms with Gasteiger partial charge >= 0.3 is 5.97 Å². The van der Waals surface area contributed by atoms with Crippen LogP contribution in [-0.4, -0.2) is 35.0 Å². The molecule has 1 aromatic carbocycles. The van der Waals surface area contributed by atoms with Gasteiger partial charge in [-0.2, -0.15) is 0 Å². The van der Waals surface area contributed by atoms with E-state index in [0.717, 1.165) is 6.42 Å². The van der Waals surface area contributed by atoms with E-state index in [1.165, 1.54) is 11.1 Å². The number of hydrogen-bond acceptors (Lipinski definition) is 2. The molecule has 1 heterocycles. The van der Waals surface area contributed by atoms with E-state index in [9.17, 15) is 9.59 Å². The first-order chi connectivity index (χ1) is 10.5. The van der Waals surface area contributed by atoms with Crippen LogP contribution < -0.4 is 0 Å². The molecule has 22 heavy (non-hydrogen) atoms. The van der Waals surface area contributed by atoms with Crippen LogP contribution in [0.2, 0.25) is 0 Å². The van der Waals surface area contributed by atoms with E-state index < -0.39 is 5.97 Å². The summed E-state index contributed by atoms with van der Waals surface area (Å²) >= 11 is 0. The van der Waals surface area contributed by atoms with Crippen molar-refractivity contribution in [1.29, 1.82) is 0 Å². The normalized spacial score (nSPS) is 27.2. The van der Waals surface area contributed by atoms with E-state index in [1.54, 1.807) is 4.90 Å². The van der Waals surface area contributed by atoms with Crippen molar-refractivity contribution in [1.82, 2.24) is 4.90 Å². The van der Waals surface area contributed by atoms with Crippen LogP contribution in [0.4, 0.5) is 0 Å². The van der Waals surface area contributed by atoms with Crippen molar-refractivity contribution in [3.8, 4) is 0 Å². The fourth-order valence-corrected chi connectivity index (χ4v) is 3.36. The van der Waals surface area contributed by atoms with Crippen LogP contribution in [0.15, 0.2) is 24.3 Å². The molecule has 4 heteroatoms. The second-order valence-corrected chi connectivity index (χ2v) is 6.88. The Morgan fingerprint density at radius 3 is 2.45 bits per heavy atom. The van der Waals surface area contributed by atoms with Gasteiger partial charge in [0, 0.05) is 19.0 Å². The topological polar surface area (TPSA) is 57.6 Å². The van der Waals surface area contributed by atoms with Gasteiger partial charge in [0.25, 0.3) is 0 Å². The molecule has 0 spiro atoms. The molecular formula is C18H23NO3. The minimum Gasteiger partial charge on any atom is -0.481 e. The van der Waals surface area contributed by atoms with Crippen molar-refractivity contribution in [2.24, 2.45) is 11.8 Å². The van der Waals surface area contributed by atoms with Crippen molar-refractivity contribution >= 4 is 11.9 Å². The summed E-state index contributed by atoms with van der Waals surface area (Å²) in [5, 5.41) is 9.03. The standard InChI is InChI=1S/C18H23NO3/c1-11(2)12-3-5-13(6-4-12)15-9-16(15)17(20)19-8-7-14(10-19)18(21)22/h3-6,11,14-16H,7-10H2,1-2H3,(H,21,22)/t14-,15+,16-/m1/s1. The molecule has 2 fully saturated rings. The summed E-state index contributed by atoms with van der Waals surface area (Å²) < 4.78 is 0. The van der Waals surface area contributed by atoms with Crippen LogP contribution in [0.3, 0.4) is 0 Å². The van der Waals surface area contributed by atoms with Gasteiger partial charge in [0.05, 0.1) is 5.92 Å². The van der Waals surface area contributed by atoms with Crippen molar-refractivity contribution in [3.63, 3.8) is 0 Å². The molecule has 0 unspecified atom stereocenters. The smallest absolute Gasteiger partial charge is 0.308 e. The zero-order valence-electron chi connectivity index (χ0n) is 13.2. The first kappa shape index (κ1) is 15.1. The molecule has 1 aliphatic carbocycles. The molecule has 1 saturated carbocycles. The summed E-state index contributed by atoms with van der Waals surface area (Å²) in [4.78, 5) is 25.2. The third-order valence-electron chi connectivity index (χ3n) is 4.99. The number of carboxylic acid groups (broad SMARTS) is 1. The summed E-state index contributed by atoms with van der Waals surface area (Å²) in [6.07, 6.45) is 1.48. The SMILES string of the molecule is CC(C)c1ccc([C@@H]2C[C@H]2C(=O)N2CC[C@@H](C(=O)O)C2)cc1. The predicted octanol–water partition coefficient (Wildman–Crippen LogP) is 2.85. The van der Waals surface area contributed by atoms with E-state index >= 15 is 0 Å². The van der Waals surface area contributed by atoms with Crippen molar-refractivity contribution in [3.05, 3.63) is 35.4 Å². The highest BCUT2D eigenvalue weighted by molar-refractivity contribution is 5.84. The first-order valence-corrected chi connectivity index (χ1v) is 8.09. The molecule has 3 rings (SSSR count). The zero-order chi connectivity index (χ0) is 15.9. The van der Waals surface area contributed by atoms with E-state index in [4.69, 9.17) is 5.11 Å². The van der Waals surface area contributed by atoms with E-state index in [2.05, 4.69) is 38.1 Å². The average Bonchev–Trinajstić information content (AvgIpc) is 3.14. The largest absolute Gasteiger partial charge is 0.481 e. The number of benzene rings is 1. The number of rotatable bonds is 4. The molecular weight excluding hydrogens is 278 g/mol. The Morgan fingerprint density at radius 1 is 1.23 bits per heavy atom. The molecule has 4 nitrogen and oxygen atoms in total. The van der Waals surface area contributed by atoms with E-state index in [1.807, 2.05) is 0 Å². The number of carbonyl (C=O) groups excluding carboxylic acids is 1. The summed E-state index contributed by atoms with van der Waals surface area (Å²) in [6, 6.07) is 8.57. The van der Waals surface area contributed by atoms with Crippen LogP contribution in [0.25, 0.3) is 0 Å². The van der Waals surface area contributed by atoms with Gasteiger partial charge in [-0.05, 0) is 35.8 Å². The molecule has 1 saturated heterocycles. The van der Waals surface area contributed by atoms with Crippen LogP contribution in [0.5, 0.6) is 0 Å². The molecule has 0 aromatic heterocycles. The van der Waals surface area contributed by atoms with Gasteiger partial charge in [-0.25, -0.2) is 0 Å². The number of nitrogens with zero attached hydrogens (tertiary/aromatic N) is 1. The van der Waals surface area contributed by atoms with Gasteiger partial charge in [0.15, 0.2) is 0 Å². The fraction of sp³-hybridized carbons (Fsp3) is 0.556. The van der Waals surface area contributed by atoms with Gasteiger partial charge in [-0.15, -0.1) is 0 Å². The van der Waals surface area contributed by atoms with Gasteiger partial charge in [0.2, 0.25) is 5.91 Å². The second kappa shape index (κ2) is 5.75. The van der Waals surface area contributed by atoms with Crippen LogP contribution in [0.1, 0.15) is 49.7 Å². The lowest BCUT2D eigenvalue weighted by Gasteiger charge is -2.16. The Hall–Kier alpha value is -1.84. The number of amides is 1. The molecule has 1 aromatic rings. The first-order valence-electron chi connectivity index (χ1n) is 8.09. The average molecular weight is 301 g/mol. The lowest BCUT2D eigenvalue weighted by atomic mass is 10.00. The number of carboxylic acids is 1. The van der Waals surface area contributed by atoms with Gasteiger partial charge in [0.1, 0.15) is 0 Å². The van der Waals surface area contributed by atoms with Crippen LogP contribution in [-0.2, 0) is 9.59 Å². The monoisotopic (exact) mass is 301 g/mol. The highest BCUT2D eigenvalue weighted by Crippen LogP contribution is 2.49. The van der Waals surface area contributed by atoms with Crippen molar-refractivity contribution in [2.45, 2.75) is 38.5 Å². The third-order valence-corrected chi connectivity index (χ3v) is 4.99. The summed E-state index contributed by atoms with van der Waals surface area (Å²) in [5.41, 5.74) is 2.55. The lowest BCUT2D eigenvalue weighted by molar-refractivity contribution is -0.141. The molecule has 1 aliphatic heterocycles.